The molecule has 0 aromatic heterocycles. The Balaban J connectivity index is 1.93. The van der Waals surface area contributed by atoms with E-state index in [1.54, 1.807) is 0 Å². The summed E-state index contributed by atoms with van der Waals surface area (Å²) in [6.45, 7) is 2.32. The monoisotopic (exact) mass is 199 g/mol. The van der Waals surface area contributed by atoms with Crippen LogP contribution in [-0.2, 0) is 9.53 Å². The van der Waals surface area contributed by atoms with E-state index in [0.29, 0.717) is 19.6 Å². The largest absolute Gasteiger partial charge is 0.396 e. The summed E-state index contributed by atoms with van der Waals surface area (Å²) >= 11 is 0. The molecule has 0 aliphatic carbocycles. The summed E-state index contributed by atoms with van der Waals surface area (Å²) in [4.78, 5) is 13.5. The summed E-state index contributed by atoms with van der Waals surface area (Å²) in [6.07, 6.45) is 2.59. The molecule has 1 amide bonds. The van der Waals surface area contributed by atoms with Crippen molar-refractivity contribution in [2.24, 2.45) is 5.92 Å². The van der Waals surface area contributed by atoms with Gasteiger partial charge in [-0.15, -0.1) is 0 Å². The lowest BCUT2D eigenvalue weighted by Gasteiger charge is -2.31. The third-order valence-corrected chi connectivity index (χ3v) is 3.07. The van der Waals surface area contributed by atoms with E-state index in [-0.39, 0.29) is 24.5 Å². The number of carbonyl (C=O) groups is 1. The Labute approximate surface area is 83.8 Å². The summed E-state index contributed by atoms with van der Waals surface area (Å²) in [5.41, 5.74) is 0. The molecule has 0 spiro atoms. The van der Waals surface area contributed by atoms with Gasteiger partial charge in [-0.1, -0.05) is 0 Å². The first-order chi connectivity index (χ1) is 6.81. The third-order valence-electron chi connectivity index (χ3n) is 3.07. The van der Waals surface area contributed by atoms with E-state index >= 15 is 0 Å². The van der Waals surface area contributed by atoms with E-state index in [2.05, 4.69) is 0 Å². The standard InChI is InChI=1S/C10H17NO3/c12-6-8-4-10(13)11(5-8)9-2-1-3-14-7-9/h8-9,12H,1-7H2. The zero-order chi connectivity index (χ0) is 9.97. The molecular formula is C10H17NO3. The minimum atomic E-state index is 0.121. The zero-order valence-electron chi connectivity index (χ0n) is 8.32. The van der Waals surface area contributed by atoms with E-state index in [1.165, 1.54) is 0 Å². The molecule has 2 fully saturated rings. The van der Waals surface area contributed by atoms with Gasteiger partial charge >= 0.3 is 0 Å². The predicted octanol–water partition coefficient (Wildman–Crippen LogP) is 0.00620. The van der Waals surface area contributed by atoms with E-state index < -0.39 is 0 Å². The number of ether oxygens (including phenoxy) is 1. The fraction of sp³-hybridized carbons (Fsp3) is 0.900. The predicted molar refractivity (Wildman–Crippen MR) is 50.7 cm³/mol. The first-order valence-corrected chi connectivity index (χ1v) is 5.29. The molecule has 2 rings (SSSR count). The Hall–Kier alpha value is -0.610. The van der Waals surface area contributed by atoms with Gasteiger partial charge in [0.1, 0.15) is 0 Å². The van der Waals surface area contributed by atoms with Gasteiger partial charge in [-0.2, -0.15) is 0 Å². The van der Waals surface area contributed by atoms with Crippen molar-refractivity contribution in [3.8, 4) is 0 Å². The number of amides is 1. The number of hydrogen-bond donors (Lipinski definition) is 1. The Morgan fingerprint density at radius 3 is 3.00 bits per heavy atom. The van der Waals surface area contributed by atoms with Crippen molar-refractivity contribution < 1.29 is 14.6 Å². The van der Waals surface area contributed by atoms with Crippen molar-refractivity contribution >= 4 is 5.91 Å². The molecule has 14 heavy (non-hydrogen) atoms. The van der Waals surface area contributed by atoms with Gasteiger partial charge in [-0.25, -0.2) is 0 Å². The summed E-state index contributed by atoms with van der Waals surface area (Å²) in [5, 5.41) is 8.99. The van der Waals surface area contributed by atoms with Crippen LogP contribution in [0.25, 0.3) is 0 Å². The van der Waals surface area contributed by atoms with Gasteiger partial charge in [0.15, 0.2) is 0 Å². The van der Waals surface area contributed by atoms with Gasteiger partial charge in [0, 0.05) is 32.1 Å². The van der Waals surface area contributed by atoms with Crippen molar-refractivity contribution in [2.45, 2.75) is 25.3 Å². The molecule has 0 radical (unpaired) electrons. The summed E-state index contributed by atoms with van der Waals surface area (Å²) in [7, 11) is 0. The SMILES string of the molecule is O=C1CC(CO)CN1C1CCCOC1. The second-order valence-corrected chi connectivity index (χ2v) is 4.17. The molecule has 2 heterocycles. The minimum Gasteiger partial charge on any atom is -0.396 e. The molecular weight excluding hydrogens is 182 g/mol. The maximum Gasteiger partial charge on any atom is 0.223 e. The maximum atomic E-state index is 11.6. The molecule has 2 saturated heterocycles. The number of hydrogen-bond acceptors (Lipinski definition) is 3. The average molecular weight is 199 g/mol. The van der Waals surface area contributed by atoms with Crippen molar-refractivity contribution in [3.63, 3.8) is 0 Å². The average Bonchev–Trinajstić information content (AvgIpc) is 2.61. The van der Waals surface area contributed by atoms with Crippen LogP contribution in [0.15, 0.2) is 0 Å². The van der Waals surface area contributed by atoms with Crippen molar-refractivity contribution in [2.75, 3.05) is 26.4 Å². The van der Waals surface area contributed by atoms with Crippen LogP contribution in [-0.4, -0.2) is 48.3 Å². The lowest BCUT2D eigenvalue weighted by Crippen LogP contribution is -2.42. The van der Waals surface area contributed by atoms with Gasteiger partial charge in [0.25, 0.3) is 0 Å². The number of rotatable bonds is 2. The van der Waals surface area contributed by atoms with Crippen molar-refractivity contribution in [1.82, 2.24) is 4.90 Å². The zero-order valence-corrected chi connectivity index (χ0v) is 8.32. The Morgan fingerprint density at radius 1 is 1.57 bits per heavy atom. The minimum absolute atomic E-state index is 0.121. The van der Waals surface area contributed by atoms with Gasteiger partial charge in [-0.3, -0.25) is 4.79 Å². The summed E-state index contributed by atoms with van der Waals surface area (Å²) in [6, 6.07) is 0.257. The first-order valence-electron chi connectivity index (χ1n) is 5.29. The molecule has 2 atom stereocenters. The van der Waals surface area contributed by atoms with Crippen LogP contribution in [0.4, 0.5) is 0 Å². The second kappa shape index (κ2) is 4.28. The van der Waals surface area contributed by atoms with Crippen molar-refractivity contribution in [1.29, 1.82) is 0 Å². The summed E-state index contributed by atoms with van der Waals surface area (Å²) < 4.78 is 5.36. The highest BCUT2D eigenvalue weighted by atomic mass is 16.5. The van der Waals surface area contributed by atoms with E-state index in [1.807, 2.05) is 4.90 Å². The molecule has 0 aromatic carbocycles. The number of aliphatic hydroxyl groups is 1. The molecule has 0 bridgehead atoms. The van der Waals surface area contributed by atoms with E-state index in [0.717, 1.165) is 19.4 Å². The normalized spacial score (nSPS) is 33.8. The van der Waals surface area contributed by atoms with Gasteiger partial charge in [0.2, 0.25) is 5.91 Å². The van der Waals surface area contributed by atoms with E-state index in [4.69, 9.17) is 9.84 Å². The topological polar surface area (TPSA) is 49.8 Å². The number of aliphatic hydroxyl groups excluding tert-OH is 1. The molecule has 0 saturated carbocycles. The molecule has 2 unspecified atom stereocenters. The number of carbonyl (C=O) groups excluding carboxylic acids is 1. The molecule has 1 N–H and O–H groups in total. The quantitative estimate of drug-likeness (QED) is 0.681. The van der Waals surface area contributed by atoms with Crippen LogP contribution < -0.4 is 0 Å². The smallest absolute Gasteiger partial charge is 0.223 e. The molecule has 0 aromatic rings. The Bertz CT molecular complexity index is 213. The highest BCUT2D eigenvalue weighted by Gasteiger charge is 2.34. The molecule has 2 aliphatic heterocycles. The highest BCUT2D eigenvalue weighted by molar-refractivity contribution is 5.79. The molecule has 2 aliphatic rings. The van der Waals surface area contributed by atoms with Crippen LogP contribution in [0.3, 0.4) is 0 Å². The van der Waals surface area contributed by atoms with Crippen LogP contribution in [0.1, 0.15) is 19.3 Å². The molecule has 4 nitrogen and oxygen atoms in total. The number of likely N-dealkylation sites (tertiary alicyclic amines) is 1. The maximum absolute atomic E-state index is 11.6. The fourth-order valence-corrected chi connectivity index (χ4v) is 2.25. The Morgan fingerprint density at radius 2 is 2.43 bits per heavy atom. The van der Waals surface area contributed by atoms with Gasteiger partial charge in [-0.05, 0) is 12.8 Å². The second-order valence-electron chi connectivity index (χ2n) is 4.17. The number of nitrogens with zero attached hydrogens (tertiary/aromatic N) is 1. The molecule has 80 valence electrons. The van der Waals surface area contributed by atoms with Crippen LogP contribution in [0.5, 0.6) is 0 Å². The fourth-order valence-electron chi connectivity index (χ4n) is 2.25. The lowest BCUT2D eigenvalue weighted by atomic mass is 10.1. The Kier molecular flexibility index (Phi) is 3.03. The van der Waals surface area contributed by atoms with Crippen LogP contribution in [0, 0.1) is 5.92 Å². The van der Waals surface area contributed by atoms with Gasteiger partial charge < -0.3 is 14.7 Å². The third kappa shape index (κ3) is 1.91. The van der Waals surface area contributed by atoms with E-state index in [9.17, 15) is 4.79 Å². The highest BCUT2D eigenvalue weighted by Crippen LogP contribution is 2.23. The van der Waals surface area contributed by atoms with Crippen molar-refractivity contribution in [3.05, 3.63) is 0 Å². The van der Waals surface area contributed by atoms with Crippen LogP contribution >= 0.6 is 0 Å². The van der Waals surface area contributed by atoms with Crippen LogP contribution in [0.2, 0.25) is 0 Å². The first kappa shape index (κ1) is 9.93. The summed E-state index contributed by atoms with van der Waals surface area (Å²) in [5.74, 6) is 0.323. The van der Waals surface area contributed by atoms with Gasteiger partial charge in [0.05, 0.1) is 12.6 Å². The molecule has 4 heteroatoms. The lowest BCUT2D eigenvalue weighted by molar-refractivity contribution is -0.132.